The van der Waals surface area contributed by atoms with Crippen LogP contribution >= 0.6 is 0 Å². The molecule has 1 unspecified atom stereocenters. The molecular weight excluding hydrogens is 372 g/mol. The van der Waals surface area contributed by atoms with Gasteiger partial charge in [0.05, 0.1) is 28.1 Å². The zero-order valence-electron chi connectivity index (χ0n) is 17.3. The van der Waals surface area contributed by atoms with E-state index in [2.05, 4.69) is 34.9 Å². The zero-order valence-corrected chi connectivity index (χ0v) is 17.3. The minimum absolute atomic E-state index is 0.479. The number of fused-ring (bicyclic) bond motifs is 5. The van der Waals surface area contributed by atoms with Gasteiger partial charge in [-0.25, -0.2) is 0 Å². The molecule has 5 rings (SSSR count). The first-order valence-electron chi connectivity index (χ1n) is 10.9. The van der Waals surface area contributed by atoms with Crippen molar-refractivity contribution in [1.29, 1.82) is 5.26 Å². The first kappa shape index (κ1) is 18.9. The van der Waals surface area contributed by atoms with Gasteiger partial charge in [0.1, 0.15) is 0 Å². The van der Waals surface area contributed by atoms with Gasteiger partial charge >= 0.3 is 5.97 Å². The summed E-state index contributed by atoms with van der Waals surface area (Å²) in [5, 5.41) is 21.8. The Bertz CT molecular complexity index is 1240. The second-order valence-corrected chi connectivity index (χ2v) is 9.14. The Kier molecular flexibility index (Phi) is 4.43. The van der Waals surface area contributed by atoms with E-state index in [0.717, 1.165) is 16.6 Å². The lowest BCUT2D eigenvalue weighted by Crippen LogP contribution is -2.39. The molecule has 4 nitrogen and oxygen atoms in total. The van der Waals surface area contributed by atoms with E-state index in [4.69, 9.17) is 0 Å². The Morgan fingerprint density at radius 2 is 2.00 bits per heavy atom. The van der Waals surface area contributed by atoms with Crippen molar-refractivity contribution in [1.82, 2.24) is 4.57 Å². The van der Waals surface area contributed by atoms with Gasteiger partial charge < -0.3 is 9.67 Å². The summed E-state index contributed by atoms with van der Waals surface area (Å²) < 4.78 is 2.13. The smallest absolute Gasteiger partial charge is 0.313 e. The molecule has 30 heavy (non-hydrogen) atoms. The van der Waals surface area contributed by atoms with Crippen molar-refractivity contribution in [3.05, 3.63) is 51.5 Å². The van der Waals surface area contributed by atoms with Gasteiger partial charge in [-0.3, -0.25) is 4.79 Å². The molecule has 2 aliphatic carbocycles. The van der Waals surface area contributed by atoms with Gasteiger partial charge in [0, 0.05) is 18.2 Å². The first-order valence-corrected chi connectivity index (χ1v) is 10.9. The number of rotatable bonds is 2. The predicted molar refractivity (Wildman–Crippen MR) is 118 cm³/mol. The Morgan fingerprint density at radius 3 is 2.73 bits per heavy atom. The Labute approximate surface area is 176 Å². The number of carboxylic acids is 1. The predicted octanol–water partition coefficient (Wildman–Crippen LogP) is 4.18. The first-order chi connectivity index (χ1) is 14.5. The van der Waals surface area contributed by atoms with E-state index < -0.39 is 11.4 Å². The number of allylic oxidation sites excluding steroid dienone is 1. The van der Waals surface area contributed by atoms with E-state index in [1.807, 2.05) is 18.3 Å². The zero-order chi connectivity index (χ0) is 20.9. The lowest BCUT2D eigenvalue weighted by atomic mass is 9.79. The maximum Gasteiger partial charge on any atom is 0.313 e. The number of hydrogen-bond acceptors (Lipinski definition) is 2. The van der Waals surface area contributed by atoms with Crippen LogP contribution in [0.4, 0.5) is 0 Å². The molecule has 152 valence electrons. The summed E-state index contributed by atoms with van der Waals surface area (Å²) in [7, 11) is 0. The molecule has 0 amide bonds. The second kappa shape index (κ2) is 7.02. The van der Waals surface area contributed by atoms with Crippen molar-refractivity contribution in [2.75, 3.05) is 0 Å². The number of hydrogen-bond donors (Lipinski definition) is 1. The fourth-order valence-corrected chi connectivity index (χ4v) is 5.43. The second-order valence-electron chi connectivity index (χ2n) is 9.14. The molecule has 1 fully saturated rings. The van der Waals surface area contributed by atoms with E-state index in [1.165, 1.54) is 48.4 Å². The molecule has 0 radical (unpaired) electrons. The minimum Gasteiger partial charge on any atom is -0.481 e. The Hall–Kier alpha value is -3.06. The van der Waals surface area contributed by atoms with Crippen LogP contribution in [0.1, 0.15) is 62.5 Å². The van der Waals surface area contributed by atoms with Gasteiger partial charge in [0.15, 0.2) is 0 Å². The fourth-order valence-electron chi connectivity index (χ4n) is 5.43. The number of carbonyl (C=O) groups is 1. The molecule has 0 bridgehead atoms. The minimum atomic E-state index is -0.932. The topological polar surface area (TPSA) is 66.0 Å². The monoisotopic (exact) mass is 398 g/mol. The van der Waals surface area contributed by atoms with Crippen molar-refractivity contribution < 1.29 is 9.90 Å². The van der Waals surface area contributed by atoms with Crippen molar-refractivity contribution >= 4 is 24.3 Å². The van der Waals surface area contributed by atoms with Crippen molar-refractivity contribution in [3.63, 3.8) is 0 Å². The van der Waals surface area contributed by atoms with Crippen LogP contribution in [0.3, 0.4) is 0 Å². The standard InChI is InChI=1S/C26H26N2O2/c1-26(25(29)30)12-11-21-22(14-26)28-16-17(15-27)13-19-9-5-6-10-20(19)24(28)23(21)18-7-3-2-4-8-18/h5-6,9-11,14,16,18H,2-4,7-8,12-13H2,1H3,(H,29,30). The van der Waals surface area contributed by atoms with E-state index >= 15 is 0 Å². The fraction of sp³-hybridized carbons (Fsp3) is 0.385. The SMILES string of the molecule is CC1(C(=O)O)C=c2c(c(C3CCCCC3)c3n2C=C(C#N)Cc2ccccc2-3)=CC1. The highest BCUT2D eigenvalue weighted by Gasteiger charge is 2.35. The van der Waals surface area contributed by atoms with Crippen molar-refractivity contribution in [3.8, 4) is 17.3 Å². The Balaban J connectivity index is 1.91. The van der Waals surface area contributed by atoms with Crippen LogP contribution in [-0.4, -0.2) is 15.6 Å². The molecule has 0 spiro atoms. The van der Waals surface area contributed by atoms with E-state index in [-0.39, 0.29) is 0 Å². The summed E-state index contributed by atoms with van der Waals surface area (Å²) in [5.41, 5.74) is 4.62. The Morgan fingerprint density at radius 1 is 1.23 bits per heavy atom. The third-order valence-corrected chi connectivity index (χ3v) is 7.09. The van der Waals surface area contributed by atoms with Crippen LogP contribution in [0.2, 0.25) is 0 Å². The summed E-state index contributed by atoms with van der Waals surface area (Å²) in [6.45, 7) is 1.79. The largest absolute Gasteiger partial charge is 0.481 e. The molecule has 1 aromatic heterocycles. The highest BCUT2D eigenvalue weighted by Crippen LogP contribution is 2.40. The average molecular weight is 399 g/mol. The lowest BCUT2D eigenvalue weighted by Gasteiger charge is -2.24. The normalized spacial score (nSPS) is 22.9. The van der Waals surface area contributed by atoms with E-state index in [0.29, 0.717) is 24.3 Å². The molecule has 2 heterocycles. The summed E-state index contributed by atoms with van der Waals surface area (Å²) in [6, 6.07) is 10.7. The summed E-state index contributed by atoms with van der Waals surface area (Å²) in [4.78, 5) is 12.0. The maximum absolute atomic E-state index is 12.0. The van der Waals surface area contributed by atoms with Crippen molar-refractivity contribution in [2.24, 2.45) is 5.41 Å². The van der Waals surface area contributed by atoms with Gasteiger partial charge in [-0.05, 0) is 54.5 Å². The third-order valence-electron chi connectivity index (χ3n) is 7.09. The van der Waals surface area contributed by atoms with Crippen LogP contribution in [-0.2, 0) is 11.2 Å². The molecule has 1 saturated carbocycles. The quantitative estimate of drug-likeness (QED) is 0.825. The lowest BCUT2D eigenvalue weighted by molar-refractivity contribution is -0.144. The molecule has 1 atom stereocenters. The highest BCUT2D eigenvalue weighted by atomic mass is 16.4. The number of aromatic nitrogens is 1. The molecular formula is C26H26N2O2. The van der Waals surface area contributed by atoms with Gasteiger partial charge in [-0.1, -0.05) is 49.6 Å². The summed E-state index contributed by atoms with van der Waals surface area (Å²) >= 11 is 0. The van der Waals surface area contributed by atoms with Crippen LogP contribution in [0.5, 0.6) is 0 Å². The molecule has 1 aliphatic heterocycles. The van der Waals surface area contributed by atoms with Gasteiger partial charge in [-0.2, -0.15) is 5.26 Å². The number of aliphatic carboxylic acids is 1. The van der Waals surface area contributed by atoms with Gasteiger partial charge in [0.2, 0.25) is 0 Å². The maximum atomic E-state index is 12.0. The molecule has 0 saturated heterocycles. The number of benzene rings is 1. The number of nitrogens with zero attached hydrogens (tertiary/aromatic N) is 2. The molecule has 1 aromatic carbocycles. The molecule has 3 aliphatic rings. The molecule has 1 N–H and O–H groups in total. The van der Waals surface area contributed by atoms with Crippen LogP contribution in [0.15, 0.2) is 29.8 Å². The van der Waals surface area contributed by atoms with Gasteiger partial charge in [0.25, 0.3) is 0 Å². The molecule has 4 heteroatoms. The van der Waals surface area contributed by atoms with Gasteiger partial charge in [-0.15, -0.1) is 0 Å². The number of nitriles is 1. The van der Waals surface area contributed by atoms with Crippen LogP contribution in [0.25, 0.3) is 29.6 Å². The van der Waals surface area contributed by atoms with E-state index in [9.17, 15) is 15.2 Å². The number of carboxylic acid groups (broad SMARTS) is 1. The molecule has 2 aromatic rings. The van der Waals surface area contributed by atoms with E-state index in [1.54, 1.807) is 6.92 Å². The summed E-state index contributed by atoms with van der Waals surface area (Å²) in [5.74, 6) is -0.328. The van der Waals surface area contributed by atoms with Crippen LogP contribution < -0.4 is 10.6 Å². The third kappa shape index (κ3) is 2.84. The van der Waals surface area contributed by atoms with Crippen molar-refractivity contribution in [2.45, 2.75) is 57.8 Å². The highest BCUT2D eigenvalue weighted by molar-refractivity contribution is 5.85. The summed E-state index contributed by atoms with van der Waals surface area (Å²) in [6.07, 6.45) is 13.2. The average Bonchev–Trinajstić information content (AvgIpc) is 2.96. The van der Waals surface area contributed by atoms with Crippen LogP contribution in [0, 0.1) is 16.7 Å².